The van der Waals surface area contributed by atoms with Gasteiger partial charge in [0.15, 0.2) is 5.65 Å². The first kappa shape index (κ1) is 23.3. The number of aromatic nitrogens is 3. The van der Waals surface area contributed by atoms with Gasteiger partial charge in [-0.3, -0.25) is 4.98 Å². The summed E-state index contributed by atoms with van der Waals surface area (Å²) in [5, 5.41) is 3.63. The standard InChI is InChI=1S/C25H23F3N4O2/c1-24(2,3)34-23(33)32-20(18-9-4-5-10-19(18)25(26,27)28)14-16-11-12-21(31-22(16)32)30-15-17-8-6-7-13-29-17/h4-14H,15H2,1-3H3,(H,30,31). The molecular formula is C25H23F3N4O2. The molecule has 0 saturated heterocycles. The second kappa shape index (κ2) is 8.81. The van der Waals surface area contributed by atoms with Crippen molar-refractivity contribution in [1.82, 2.24) is 14.5 Å². The molecule has 3 heterocycles. The quantitative estimate of drug-likeness (QED) is 0.370. The van der Waals surface area contributed by atoms with Gasteiger partial charge in [-0.15, -0.1) is 0 Å². The van der Waals surface area contributed by atoms with Crippen LogP contribution in [0.3, 0.4) is 0 Å². The summed E-state index contributed by atoms with van der Waals surface area (Å²) in [6, 6.07) is 15.5. The lowest BCUT2D eigenvalue weighted by Crippen LogP contribution is -2.27. The second-order valence-electron chi connectivity index (χ2n) is 8.67. The summed E-state index contributed by atoms with van der Waals surface area (Å²) in [5.74, 6) is 0.441. The largest absolute Gasteiger partial charge is 0.443 e. The topological polar surface area (TPSA) is 69.0 Å². The molecule has 0 amide bonds. The fourth-order valence-electron chi connectivity index (χ4n) is 3.50. The lowest BCUT2D eigenvalue weighted by Gasteiger charge is -2.21. The van der Waals surface area contributed by atoms with E-state index in [0.29, 0.717) is 17.7 Å². The molecule has 0 fully saturated rings. The molecule has 0 bridgehead atoms. The van der Waals surface area contributed by atoms with Gasteiger partial charge in [-0.1, -0.05) is 24.3 Å². The van der Waals surface area contributed by atoms with Gasteiger partial charge >= 0.3 is 12.3 Å². The first-order chi connectivity index (χ1) is 16.0. The van der Waals surface area contributed by atoms with Crippen LogP contribution in [0, 0.1) is 0 Å². The normalized spacial score (nSPS) is 12.1. The van der Waals surface area contributed by atoms with Gasteiger partial charge < -0.3 is 10.1 Å². The fraction of sp³-hybridized carbons (Fsp3) is 0.240. The van der Waals surface area contributed by atoms with Crippen molar-refractivity contribution in [2.75, 3.05) is 5.32 Å². The van der Waals surface area contributed by atoms with E-state index in [9.17, 15) is 18.0 Å². The lowest BCUT2D eigenvalue weighted by molar-refractivity contribution is -0.137. The number of carbonyl (C=O) groups is 1. The molecule has 0 aliphatic rings. The SMILES string of the molecule is CC(C)(C)OC(=O)n1c(-c2ccccc2C(F)(F)F)cc2ccc(NCc3ccccn3)nc21. The van der Waals surface area contributed by atoms with E-state index in [0.717, 1.165) is 16.3 Å². The van der Waals surface area contributed by atoms with Gasteiger partial charge in [-0.05, 0) is 57.2 Å². The van der Waals surface area contributed by atoms with Crippen LogP contribution >= 0.6 is 0 Å². The molecule has 0 unspecified atom stereocenters. The minimum Gasteiger partial charge on any atom is -0.443 e. The van der Waals surface area contributed by atoms with E-state index in [1.165, 1.54) is 24.3 Å². The highest BCUT2D eigenvalue weighted by Gasteiger charge is 2.35. The van der Waals surface area contributed by atoms with E-state index in [1.807, 2.05) is 18.2 Å². The molecule has 1 N–H and O–H groups in total. The number of alkyl halides is 3. The number of pyridine rings is 2. The number of nitrogens with zero attached hydrogens (tertiary/aromatic N) is 3. The molecule has 34 heavy (non-hydrogen) atoms. The maximum absolute atomic E-state index is 13.8. The second-order valence-corrected chi connectivity index (χ2v) is 8.67. The zero-order valence-electron chi connectivity index (χ0n) is 18.8. The Morgan fingerprint density at radius 2 is 1.76 bits per heavy atom. The van der Waals surface area contributed by atoms with Crippen molar-refractivity contribution in [3.8, 4) is 11.3 Å². The Labute approximate surface area is 194 Å². The Morgan fingerprint density at radius 1 is 1.03 bits per heavy atom. The third-order valence-electron chi connectivity index (χ3n) is 4.91. The molecule has 176 valence electrons. The van der Waals surface area contributed by atoms with Crippen molar-refractivity contribution < 1.29 is 22.7 Å². The van der Waals surface area contributed by atoms with Gasteiger partial charge in [-0.25, -0.2) is 14.3 Å². The van der Waals surface area contributed by atoms with Crippen molar-refractivity contribution in [2.45, 2.75) is 39.1 Å². The number of halogens is 3. The average Bonchev–Trinajstić information content (AvgIpc) is 3.15. The highest BCUT2D eigenvalue weighted by atomic mass is 19.4. The van der Waals surface area contributed by atoms with Crippen molar-refractivity contribution in [3.63, 3.8) is 0 Å². The first-order valence-electron chi connectivity index (χ1n) is 10.6. The number of hydrogen-bond donors (Lipinski definition) is 1. The van der Waals surface area contributed by atoms with Crippen LogP contribution in [0.1, 0.15) is 32.0 Å². The van der Waals surface area contributed by atoms with Gasteiger partial charge in [0, 0.05) is 17.1 Å². The summed E-state index contributed by atoms with van der Waals surface area (Å²) >= 11 is 0. The van der Waals surface area contributed by atoms with Crippen LogP contribution in [-0.4, -0.2) is 26.2 Å². The van der Waals surface area contributed by atoms with Gasteiger partial charge in [0.05, 0.1) is 23.5 Å². The van der Waals surface area contributed by atoms with Crippen LogP contribution < -0.4 is 5.32 Å². The number of carbonyl (C=O) groups excluding carboxylic acids is 1. The minimum atomic E-state index is -4.60. The molecule has 0 radical (unpaired) electrons. The van der Waals surface area contributed by atoms with E-state index in [4.69, 9.17) is 4.74 Å². The number of hydrogen-bond acceptors (Lipinski definition) is 5. The maximum atomic E-state index is 13.8. The molecular weight excluding hydrogens is 445 g/mol. The van der Waals surface area contributed by atoms with Crippen molar-refractivity contribution in [2.24, 2.45) is 0 Å². The highest BCUT2D eigenvalue weighted by Crippen LogP contribution is 2.39. The molecule has 9 heteroatoms. The molecule has 0 aliphatic carbocycles. The Hall–Kier alpha value is -3.88. The molecule has 4 rings (SSSR count). The van der Waals surface area contributed by atoms with E-state index < -0.39 is 23.4 Å². The van der Waals surface area contributed by atoms with Crippen LogP contribution in [0.2, 0.25) is 0 Å². The van der Waals surface area contributed by atoms with Gasteiger partial charge in [0.2, 0.25) is 0 Å². The molecule has 0 saturated carbocycles. The van der Waals surface area contributed by atoms with Crippen molar-refractivity contribution in [3.05, 3.63) is 78.1 Å². The Kier molecular flexibility index (Phi) is 6.03. The summed E-state index contributed by atoms with van der Waals surface area (Å²) in [4.78, 5) is 21.9. The Balaban J connectivity index is 1.84. The van der Waals surface area contributed by atoms with Crippen molar-refractivity contribution in [1.29, 1.82) is 0 Å². The van der Waals surface area contributed by atoms with Crippen LogP contribution in [0.5, 0.6) is 0 Å². The molecule has 0 aliphatic heterocycles. The van der Waals surface area contributed by atoms with Gasteiger partial charge in [-0.2, -0.15) is 13.2 Å². The van der Waals surface area contributed by atoms with Gasteiger partial charge in [0.1, 0.15) is 11.4 Å². The molecule has 4 aromatic rings. The molecule has 6 nitrogen and oxygen atoms in total. The number of nitrogens with one attached hydrogen (secondary N) is 1. The summed E-state index contributed by atoms with van der Waals surface area (Å²) < 4.78 is 47.9. The average molecular weight is 468 g/mol. The number of rotatable bonds is 4. The zero-order chi connectivity index (χ0) is 24.5. The molecule has 1 aromatic carbocycles. The number of anilines is 1. The smallest absolute Gasteiger partial charge is 0.420 e. The van der Waals surface area contributed by atoms with E-state index in [2.05, 4.69) is 15.3 Å². The van der Waals surface area contributed by atoms with Crippen LogP contribution in [0.25, 0.3) is 22.3 Å². The van der Waals surface area contributed by atoms with Crippen molar-refractivity contribution >= 4 is 22.9 Å². The van der Waals surface area contributed by atoms with E-state index >= 15 is 0 Å². The summed E-state index contributed by atoms with van der Waals surface area (Å²) in [7, 11) is 0. The first-order valence-corrected chi connectivity index (χ1v) is 10.6. The third kappa shape index (κ3) is 5.03. The predicted octanol–water partition coefficient (Wildman–Crippen LogP) is 6.51. The van der Waals surface area contributed by atoms with Crippen LogP contribution in [-0.2, 0) is 17.5 Å². The van der Waals surface area contributed by atoms with E-state index in [-0.39, 0.29) is 16.9 Å². The van der Waals surface area contributed by atoms with Crippen LogP contribution in [0.15, 0.2) is 66.9 Å². The lowest BCUT2D eigenvalue weighted by atomic mass is 10.0. The maximum Gasteiger partial charge on any atom is 0.420 e. The molecule has 3 aromatic heterocycles. The fourth-order valence-corrected chi connectivity index (χ4v) is 3.50. The van der Waals surface area contributed by atoms with E-state index in [1.54, 1.807) is 39.1 Å². The summed E-state index contributed by atoms with van der Waals surface area (Å²) in [5.41, 5.74) is -0.827. The molecule has 0 spiro atoms. The Bertz CT molecular complexity index is 1330. The summed E-state index contributed by atoms with van der Waals surface area (Å²) in [6.45, 7) is 5.45. The number of fused-ring (bicyclic) bond motifs is 1. The predicted molar refractivity (Wildman–Crippen MR) is 123 cm³/mol. The Morgan fingerprint density at radius 3 is 2.44 bits per heavy atom. The van der Waals surface area contributed by atoms with Crippen LogP contribution in [0.4, 0.5) is 23.8 Å². The number of benzene rings is 1. The highest BCUT2D eigenvalue weighted by molar-refractivity contribution is 5.95. The molecule has 0 atom stereocenters. The monoisotopic (exact) mass is 468 g/mol. The third-order valence-corrected chi connectivity index (χ3v) is 4.91. The minimum absolute atomic E-state index is 0.0477. The number of ether oxygens (including phenoxy) is 1. The van der Waals surface area contributed by atoms with Gasteiger partial charge in [0.25, 0.3) is 0 Å². The summed E-state index contributed by atoms with van der Waals surface area (Å²) in [6.07, 6.45) is -3.75. The zero-order valence-corrected chi connectivity index (χ0v) is 18.8.